The van der Waals surface area contributed by atoms with E-state index in [0.717, 1.165) is 0 Å². The number of hydrogen-bond donors (Lipinski definition) is 3. The van der Waals surface area contributed by atoms with Gasteiger partial charge in [-0.1, -0.05) is 28.4 Å². The van der Waals surface area contributed by atoms with Crippen LogP contribution in [0, 0.1) is 6.92 Å². The standard InChI is InChI=1S/C17H19Cl2N5O4/c1-10-23-16(28-24-10)3-2-6-20-14(25)8-21-15(26)9-22-17(27)12-5-4-11(18)7-13(12)19/h4-5,7H,2-3,6,8-9H2,1H3,(H,20,25)(H,21,26)(H,22,27). The number of rotatable bonds is 9. The Morgan fingerprint density at radius 2 is 1.79 bits per heavy atom. The molecular weight excluding hydrogens is 409 g/mol. The largest absolute Gasteiger partial charge is 0.355 e. The normalized spacial score (nSPS) is 10.4. The van der Waals surface area contributed by atoms with E-state index in [4.69, 9.17) is 27.7 Å². The zero-order chi connectivity index (χ0) is 20.5. The van der Waals surface area contributed by atoms with Crippen LogP contribution in [0.4, 0.5) is 0 Å². The van der Waals surface area contributed by atoms with Gasteiger partial charge in [0.05, 0.1) is 23.7 Å². The predicted molar refractivity (Wildman–Crippen MR) is 102 cm³/mol. The average molecular weight is 428 g/mol. The summed E-state index contributed by atoms with van der Waals surface area (Å²) in [7, 11) is 0. The maximum atomic E-state index is 12.0. The van der Waals surface area contributed by atoms with Crippen LogP contribution >= 0.6 is 23.2 Å². The summed E-state index contributed by atoms with van der Waals surface area (Å²) in [6, 6.07) is 4.41. The van der Waals surface area contributed by atoms with Crippen molar-refractivity contribution in [2.45, 2.75) is 19.8 Å². The molecule has 0 aliphatic rings. The summed E-state index contributed by atoms with van der Waals surface area (Å²) in [5.41, 5.74) is 0.202. The van der Waals surface area contributed by atoms with Crippen LogP contribution in [0.2, 0.25) is 10.0 Å². The van der Waals surface area contributed by atoms with E-state index < -0.39 is 11.8 Å². The third-order valence-corrected chi connectivity index (χ3v) is 4.04. The second-order valence-corrected chi connectivity index (χ2v) is 6.62. The number of nitrogens with one attached hydrogen (secondary N) is 3. The van der Waals surface area contributed by atoms with Gasteiger partial charge in [-0.3, -0.25) is 14.4 Å². The van der Waals surface area contributed by atoms with E-state index in [0.29, 0.717) is 36.1 Å². The van der Waals surface area contributed by atoms with E-state index in [-0.39, 0.29) is 29.6 Å². The molecule has 0 spiro atoms. The topological polar surface area (TPSA) is 126 Å². The van der Waals surface area contributed by atoms with Crippen molar-refractivity contribution in [1.29, 1.82) is 0 Å². The zero-order valence-electron chi connectivity index (χ0n) is 15.1. The highest BCUT2D eigenvalue weighted by atomic mass is 35.5. The number of hydrogen-bond acceptors (Lipinski definition) is 6. The molecule has 0 saturated carbocycles. The fraction of sp³-hybridized carbons (Fsp3) is 0.353. The fourth-order valence-corrected chi connectivity index (χ4v) is 2.64. The molecule has 3 amide bonds. The third-order valence-electron chi connectivity index (χ3n) is 3.49. The minimum Gasteiger partial charge on any atom is -0.355 e. The van der Waals surface area contributed by atoms with Crippen molar-refractivity contribution in [3.63, 3.8) is 0 Å². The highest BCUT2D eigenvalue weighted by Gasteiger charge is 2.12. The second-order valence-electron chi connectivity index (χ2n) is 5.77. The Kier molecular flexibility index (Phi) is 8.21. The molecule has 0 atom stereocenters. The first kappa shape index (κ1) is 21.6. The van der Waals surface area contributed by atoms with Gasteiger partial charge >= 0.3 is 0 Å². The summed E-state index contributed by atoms with van der Waals surface area (Å²) in [5, 5.41) is 11.7. The number of nitrogens with zero attached hydrogens (tertiary/aromatic N) is 2. The number of amides is 3. The van der Waals surface area contributed by atoms with E-state index in [1.165, 1.54) is 18.2 Å². The van der Waals surface area contributed by atoms with Gasteiger partial charge in [-0.05, 0) is 31.5 Å². The molecule has 11 heteroatoms. The van der Waals surface area contributed by atoms with E-state index in [1.807, 2.05) is 0 Å². The lowest BCUT2D eigenvalue weighted by Crippen LogP contribution is -2.42. The van der Waals surface area contributed by atoms with Crippen molar-refractivity contribution in [2.24, 2.45) is 0 Å². The molecule has 0 fully saturated rings. The van der Waals surface area contributed by atoms with E-state index in [2.05, 4.69) is 26.1 Å². The lowest BCUT2D eigenvalue weighted by atomic mass is 10.2. The van der Waals surface area contributed by atoms with Gasteiger partial charge < -0.3 is 20.5 Å². The Bertz CT molecular complexity index is 856. The Hall–Kier alpha value is -2.65. The monoisotopic (exact) mass is 427 g/mol. The van der Waals surface area contributed by atoms with Crippen LogP contribution in [0.3, 0.4) is 0 Å². The summed E-state index contributed by atoms with van der Waals surface area (Å²) in [6.07, 6.45) is 1.17. The van der Waals surface area contributed by atoms with Gasteiger partial charge in [0, 0.05) is 18.0 Å². The lowest BCUT2D eigenvalue weighted by molar-refractivity contribution is -0.125. The van der Waals surface area contributed by atoms with Crippen molar-refractivity contribution < 1.29 is 18.9 Å². The Morgan fingerprint density at radius 3 is 2.46 bits per heavy atom. The first-order chi connectivity index (χ1) is 13.3. The first-order valence-electron chi connectivity index (χ1n) is 8.41. The van der Waals surface area contributed by atoms with Crippen LogP contribution in [0.15, 0.2) is 22.7 Å². The highest BCUT2D eigenvalue weighted by Crippen LogP contribution is 2.20. The van der Waals surface area contributed by atoms with Crippen LogP contribution in [-0.2, 0) is 16.0 Å². The number of aromatic nitrogens is 2. The molecule has 28 heavy (non-hydrogen) atoms. The highest BCUT2D eigenvalue weighted by molar-refractivity contribution is 6.36. The van der Waals surface area contributed by atoms with Gasteiger partial charge in [0.2, 0.25) is 17.7 Å². The van der Waals surface area contributed by atoms with Crippen molar-refractivity contribution in [3.05, 3.63) is 45.5 Å². The number of carbonyl (C=O) groups is 3. The van der Waals surface area contributed by atoms with Gasteiger partial charge in [-0.2, -0.15) is 4.98 Å². The van der Waals surface area contributed by atoms with Gasteiger partial charge in [0.25, 0.3) is 5.91 Å². The molecule has 2 aromatic rings. The minimum atomic E-state index is -0.516. The molecule has 1 heterocycles. The molecule has 0 aliphatic heterocycles. The summed E-state index contributed by atoms with van der Waals surface area (Å²) < 4.78 is 4.96. The Balaban J connectivity index is 1.60. The van der Waals surface area contributed by atoms with Crippen LogP contribution in [0.5, 0.6) is 0 Å². The maximum absolute atomic E-state index is 12.0. The van der Waals surface area contributed by atoms with Crippen LogP contribution in [0.1, 0.15) is 28.5 Å². The van der Waals surface area contributed by atoms with Gasteiger partial charge in [-0.25, -0.2) is 0 Å². The molecule has 0 bridgehead atoms. The number of carbonyl (C=O) groups excluding carboxylic acids is 3. The molecule has 9 nitrogen and oxygen atoms in total. The van der Waals surface area contributed by atoms with Crippen LogP contribution in [-0.4, -0.2) is 47.5 Å². The fourth-order valence-electron chi connectivity index (χ4n) is 2.14. The molecule has 150 valence electrons. The van der Waals surface area contributed by atoms with Crippen LogP contribution < -0.4 is 16.0 Å². The number of aryl methyl sites for hydroxylation is 2. The summed E-state index contributed by atoms with van der Waals surface area (Å²) >= 11 is 11.7. The van der Waals surface area contributed by atoms with Crippen molar-refractivity contribution in [1.82, 2.24) is 26.1 Å². The summed E-state index contributed by atoms with van der Waals surface area (Å²) in [6.45, 7) is 1.64. The molecular formula is C17H19Cl2N5O4. The number of benzene rings is 1. The van der Waals surface area contributed by atoms with Gasteiger partial charge in [0.15, 0.2) is 5.82 Å². The quantitative estimate of drug-likeness (QED) is 0.517. The first-order valence-corrected chi connectivity index (χ1v) is 9.16. The SMILES string of the molecule is Cc1noc(CCCNC(=O)CNC(=O)CNC(=O)c2ccc(Cl)cc2Cl)n1. The summed E-state index contributed by atoms with van der Waals surface area (Å²) in [4.78, 5) is 39.5. The van der Waals surface area contributed by atoms with Crippen LogP contribution in [0.25, 0.3) is 0 Å². The Labute approximate surface area is 171 Å². The lowest BCUT2D eigenvalue weighted by Gasteiger charge is -2.08. The average Bonchev–Trinajstić information content (AvgIpc) is 3.06. The van der Waals surface area contributed by atoms with Crippen molar-refractivity contribution in [2.75, 3.05) is 19.6 Å². The third kappa shape index (κ3) is 7.16. The Morgan fingerprint density at radius 1 is 1.07 bits per heavy atom. The molecule has 1 aromatic heterocycles. The molecule has 0 unspecified atom stereocenters. The molecule has 0 aliphatic carbocycles. The molecule has 1 aromatic carbocycles. The smallest absolute Gasteiger partial charge is 0.253 e. The van der Waals surface area contributed by atoms with Crippen molar-refractivity contribution >= 4 is 40.9 Å². The van der Waals surface area contributed by atoms with E-state index in [9.17, 15) is 14.4 Å². The molecule has 2 rings (SSSR count). The number of halogens is 2. The molecule has 0 radical (unpaired) electrons. The van der Waals surface area contributed by atoms with Gasteiger partial charge in [0.1, 0.15) is 0 Å². The minimum absolute atomic E-state index is 0.181. The molecule has 0 saturated heterocycles. The summed E-state index contributed by atoms with van der Waals surface area (Å²) in [5.74, 6) is -0.293. The zero-order valence-corrected chi connectivity index (χ0v) is 16.6. The molecule has 3 N–H and O–H groups in total. The predicted octanol–water partition coefficient (Wildman–Crippen LogP) is 1.28. The second kappa shape index (κ2) is 10.6. The van der Waals surface area contributed by atoms with E-state index in [1.54, 1.807) is 6.92 Å². The maximum Gasteiger partial charge on any atom is 0.253 e. The van der Waals surface area contributed by atoms with Crippen molar-refractivity contribution in [3.8, 4) is 0 Å². The van der Waals surface area contributed by atoms with Gasteiger partial charge in [-0.15, -0.1) is 0 Å². The van der Waals surface area contributed by atoms with E-state index >= 15 is 0 Å².